The number of benzene rings is 1. The number of hydrogen-bond acceptors (Lipinski definition) is 3. The molecule has 1 aliphatic heterocycles. The minimum atomic E-state index is -0.456. The van der Waals surface area contributed by atoms with Gasteiger partial charge in [-0.1, -0.05) is 12.1 Å². The molecular weight excluding hydrogens is 297 g/mol. The minimum Gasteiger partial charge on any atom is -0.481 e. The van der Waals surface area contributed by atoms with Crippen molar-refractivity contribution in [2.45, 2.75) is 25.7 Å². The van der Waals surface area contributed by atoms with Crippen molar-refractivity contribution in [1.29, 1.82) is 0 Å². The zero-order chi connectivity index (χ0) is 16.2. The molecular formula is C17H20FN3O2. The summed E-state index contributed by atoms with van der Waals surface area (Å²) in [6.45, 7) is 3.14. The largest absolute Gasteiger partial charge is 0.481 e. The van der Waals surface area contributed by atoms with E-state index in [-0.39, 0.29) is 24.2 Å². The van der Waals surface area contributed by atoms with Crippen LogP contribution in [0.5, 0.6) is 5.75 Å². The van der Waals surface area contributed by atoms with Crippen LogP contribution in [0.25, 0.3) is 0 Å². The average Bonchev–Trinajstić information content (AvgIpc) is 3.00. The predicted octanol–water partition coefficient (Wildman–Crippen LogP) is 2.64. The van der Waals surface area contributed by atoms with Crippen LogP contribution in [0.4, 0.5) is 4.39 Å². The lowest BCUT2D eigenvalue weighted by atomic mass is 9.97. The third-order valence-corrected chi connectivity index (χ3v) is 4.07. The lowest BCUT2D eigenvalue weighted by Crippen LogP contribution is -2.41. The van der Waals surface area contributed by atoms with Gasteiger partial charge in [0.25, 0.3) is 5.91 Å². The molecule has 1 amide bonds. The van der Waals surface area contributed by atoms with E-state index in [0.29, 0.717) is 13.1 Å². The van der Waals surface area contributed by atoms with Crippen molar-refractivity contribution >= 4 is 5.91 Å². The molecule has 0 aliphatic carbocycles. The van der Waals surface area contributed by atoms with Crippen LogP contribution in [0, 0.1) is 12.7 Å². The second-order valence-corrected chi connectivity index (χ2v) is 5.85. The average molecular weight is 317 g/mol. The van der Waals surface area contributed by atoms with Gasteiger partial charge in [-0.2, -0.15) is 0 Å². The zero-order valence-electron chi connectivity index (χ0n) is 13.1. The summed E-state index contributed by atoms with van der Waals surface area (Å²) in [5.74, 6) is 0.671. The zero-order valence-corrected chi connectivity index (χ0v) is 13.1. The van der Waals surface area contributed by atoms with Crippen LogP contribution in [-0.2, 0) is 4.79 Å². The number of imidazole rings is 1. The summed E-state index contributed by atoms with van der Waals surface area (Å²) in [5, 5.41) is 0. The van der Waals surface area contributed by atoms with E-state index in [1.807, 2.05) is 6.92 Å². The van der Waals surface area contributed by atoms with E-state index in [9.17, 15) is 9.18 Å². The van der Waals surface area contributed by atoms with Crippen molar-refractivity contribution in [3.63, 3.8) is 0 Å². The maximum Gasteiger partial charge on any atom is 0.260 e. The fourth-order valence-corrected chi connectivity index (χ4v) is 2.86. The van der Waals surface area contributed by atoms with E-state index in [1.54, 1.807) is 23.2 Å². The first-order chi connectivity index (χ1) is 11.1. The molecule has 5 nitrogen and oxygen atoms in total. The molecule has 23 heavy (non-hydrogen) atoms. The molecule has 1 aromatic heterocycles. The first-order valence-corrected chi connectivity index (χ1v) is 7.80. The number of amides is 1. The fraction of sp³-hybridized carbons (Fsp3) is 0.412. The third kappa shape index (κ3) is 3.70. The van der Waals surface area contributed by atoms with Gasteiger partial charge in [0, 0.05) is 30.9 Å². The van der Waals surface area contributed by atoms with E-state index in [1.165, 1.54) is 12.1 Å². The normalized spacial score (nSPS) is 18.0. The summed E-state index contributed by atoms with van der Waals surface area (Å²) in [4.78, 5) is 21.7. The molecule has 0 radical (unpaired) electrons. The van der Waals surface area contributed by atoms with Gasteiger partial charge in [-0.15, -0.1) is 0 Å². The van der Waals surface area contributed by atoms with Crippen molar-refractivity contribution in [3.8, 4) is 5.75 Å². The fourth-order valence-electron chi connectivity index (χ4n) is 2.86. The second-order valence-electron chi connectivity index (χ2n) is 5.85. The van der Waals surface area contributed by atoms with Gasteiger partial charge in [-0.3, -0.25) is 4.79 Å². The first-order valence-electron chi connectivity index (χ1n) is 7.80. The molecule has 1 fully saturated rings. The van der Waals surface area contributed by atoms with Gasteiger partial charge in [0.2, 0.25) is 0 Å². The number of carbonyl (C=O) groups is 1. The Hall–Kier alpha value is -2.37. The molecule has 2 aromatic rings. The van der Waals surface area contributed by atoms with Crippen molar-refractivity contribution < 1.29 is 13.9 Å². The Kier molecular flexibility index (Phi) is 4.60. The highest BCUT2D eigenvalue weighted by Crippen LogP contribution is 2.25. The number of aromatic nitrogens is 2. The molecule has 0 spiro atoms. The highest BCUT2D eigenvalue weighted by Gasteiger charge is 2.26. The van der Waals surface area contributed by atoms with Crippen molar-refractivity contribution in [2.24, 2.45) is 0 Å². The van der Waals surface area contributed by atoms with Gasteiger partial charge >= 0.3 is 0 Å². The number of likely N-dealkylation sites (tertiary alicyclic amines) is 1. The van der Waals surface area contributed by atoms with Gasteiger partial charge in [-0.05, 0) is 31.9 Å². The molecule has 3 rings (SSSR count). The van der Waals surface area contributed by atoms with Crippen LogP contribution >= 0.6 is 0 Å². The highest BCUT2D eigenvalue weighted by molar-refractivity contribution is 5.78. The summed E-state index contributed by atoms with van der Waals surface area (Å²) < 4.78 is 18.8. The number of aryl methyl sites for hydroxylation is 1. The molecule has 122 valence electrons. The third-order valence-electron chi connectivity index (χ3n) is 4.07. The summed E-state index contributed by atoms with van der Waals surface area (Å²) in [7, 11) is 0. The van der Waals surface area contributed by atoms with Gasteiger partial charge in [-0.25, -0.2) is 9.37 Å². The SMILES string of the molecule is Cc1cnc([C@H]2CCCN(C(=O)COc3ccccc3F)C2)[nH]1. The maximum absolute atomic E-state index is 13.5. The summed E-state index contributed by atoms with van der Waals surface area (Å²) in [6, 6.07) is 6.10. The van der Waals surface area contributed by atoms with Gasteiger partial charge in [0.15, 0.2) is 18.2 Å². The van der Waals surface area contributed by atoms with Crippen LogP contribution in [0.3, 0.4) is 0 Å². The quantitative estimate of drug-likeness (QED) is 0.943. The van der Waals surface area contributed by atoms with E-state index >= 15 is 0 Å². The molecule has 0 bridgehead atoms. The maximum atomic E-state index is 13.5. The van der Waals surface area contributed by atoms with E-state index in [2.05, 4.69) is 9.97 Å². The lowest BCUT2D eigenvalue weighted by Gasteiger charge is -2.31. The topological polar surface area (TPSA) is 58.2 Å². The van der Waals surface area contributed by atoms with Crippen LogP contribution in [0.15, 0.2) is 30.5 Å². The van der Waals surface area contributed by atoms with Crippen LogP contribution in [0.2, 0.25) is 0 Å². The number of carbonyl (C=O) groups excluding carboxylic acids is 1. The number of rotatable bonds is 4. The molecule has 0 saturated carbocycles. The minimum absolute atomic E-state index is 0.107. The Balaban J connectivity index is 1.58. The van der Waals surface area contributed by atoms with Crippen molar-refractivity contribution in [1.82, 2.24) is 14.9 Å². The van der Waals surface area contributed by atoms with Gasteiger partial charge < -0.3 is 14.6 Å². The number of hydrogen-bond donors (Lipinski definition) is 1. The molecule has 1 aliphatic rings. The summed E-state index contributed by atoms with van der Waals surface area (Å²) in [6.07, 6.45) is 3.73. The second kappa shape index (κ2) is 6.81. The van der Waals surface area contributed by atoms with Gasteiger partial charge in [0.05, 0.1) is 0 Å². The van der Waals surface area contributed by atoms with Crippen molar-refractivity contribution in [3.05, 3.63) is 47.8 Å². The highest BCUT2D eigenvalue weighted by atomic mass is 19.1. The monoisotopic (exact) mass is 317 g/mol. The lowest BCUT2D eigenvalue weighted by molar-refractivity contribution is -0.134. The smallest absolute Gasteiger partial charge is 0.260 e. The molecule has 1 N–H and O–H groups in total. The summed E-state index contributed by atoms with van der Waals surface area (Å²) in [5.41, 5.74) is 1.02. The number of nitrogens with zero attached hydrogens (tertiary/aromatic N) is 2. The van der Waals surface area contributed by atoms with Crippen LogP contribution < -0.4 is 4.74 Å². The Bertz CT molecular complexity index is 686. The Morgan fingerprint density at radius 2 is 2.30 bits per heavy atom. The molecule has 2 heterocycles. The molecule has 1 atom stereocenters. The van der Waals surface area contributed by atoms with E-state index < -0.39 is 5.82 Å². The van der Waals surface area contributed by atoms with Gasteiger partial charge in [0.1, 0.15) is 5.82 Å². The first kappa shape index (κ1) is 15.5. The van der Waals surface area contributed by atoms with Crippen LogP contribution in [0.1, 0.15) is 30.3 Å². The van der Waals surface area contributed by atoms with Crippen LogP contribution in [-0.4, -0.2) is 40.5 Å². The number of halogens is 1. The molecule has 6 heteroatoms. The standard InChI is InChI=1S/C17H20FN3O2/c1-12-9-19-17(20-12)13-5-4-8-21(10-13)16(22)11-23-15-7-3-2-6-14(15)18/h2-3,6-7,9,13H,4-5,8,10-11H2,1H3,(H,19,20)/t13-/m0/s1. The molecule has 1 aromatic carbocycles. The number of ether oxygens (including phenoxy) is 1. The number of H-pyrrole nitrogens is 1. The predicted molar refractivity (Wildman–Crippen MR) is 83.8 cm³/mol. The Morgan fingerprint density at radius 1 is 1.48 bits per heavy atom. The Morgan fingerprint density at radius 3 is 3.04 bits per heavy atom. The Labute approximate surface area is 134 Å². The number of nitrogens with one attached hydrogen (secondary N) is 1. The summed E-state index contributed by atoms with van der Waals surface area (Å²) >= 11 is 0. The number of piperidine rings is 1. The van der Waals surface area contributed by atoms with E-state index in [0.717, 1.165) is 24.4 Å². The van der Waals surface area contributed by atoms with E-state index in [4.69, 9.17) is 4.74 Å². The molecule has 0 unspecified atom stereocenters. The van der Waals surface area contributed by atoms with Crippen molar-refractivity contribution in [2.75, 3.05) is 19.7 Å². The number of aromatic amines is 1. The number of para-hydroxylation sites is 1. The molecule has 1 saturated heterocycles.